The summed E-state index contributed by atoms with van der Waals surface area (Å²) in [5, 5.41) is 5.37. The summed E-state index contributed by atoms with van der Waals surface area (Å²) in [4.78, 5) is 23.5. The van der Waals surface area contributed by atoms with Gasteiger partial charge in [0.15, 0.2) is 0 Å². The Morgan fingerprint density at radius 1 is 1.37 bits per heavy atom. The number of rotatable bonds is 3. The maximum absolute atomic E-state index is 11.9. The fourth-order valence-electron chi connectivity index (χ4n) is 2.14. The van der Waals surface area contributed by atoms with Crippen molar-refractivity contribution in [3.8, 4) is 0 Å². The van der Waals surface area contributed by atoms with Crippen LogP contribution < -0.4 is 10.6 Å². The van der Waals surface area contributed by atoms with Crippen LogP contribution in [0.1, 0.15) is 17.5 Å². The molecule has 1 saturated heterocycles. The van der Waals surface area contributed by atoms with Gasteiger partial charge in [-0.2, -0.15) is 0 Å². The normalized spacial score (nSPS) is 18.8. The topological polar surface area (TPSA) is 58.2 Å². The van der Waals surface area contributed by atoms with Crippen LogP contribution in [-0.2, 0) is 9.59 Å². The van der Waals surface area contributed by atoms with Crippen molar-refractivity contribution in [2.75, 3.05) is 17.6 Å². The second-order valence-corrected chi connectivity index (χ2v) is 6.09. The number of anilines is 1. The molecule has 1 aromatic carbocycles. The highest BCUT2D eigenvalue weighted by molar-refractivity contribution is 8.00. The number of carbonyl (C=O) groups is 2. The molecule has 1 aromatic rings. The van der Waals surface area contributed by atoms with Crippen molar-refractivity contribution < 1.29 is 9.59 Å². The summed E-state index contributed by atoms with van der Waals surface area (Å²) in [7, 11) is 0. The Hall–Kier alpha value is -1.49. The number of amides is 2. The smallest absolute Gasteiger partial charge is 0.233 e. The molecule has 1 heterocycles. The van der Waals surface area contributed by atoms with E-state index in [1.165, 1.54) is 0 Å². The van der Waals surface area contributed by atoms with Crippen LogP contribution in [0.2, 0.25) is 0 Å². The van der Waals surface area contributed by atoms with Crippen molar-refractivity contribution in [1.29, 1.82) is 0 Å². The van der Waals surface area contributed by atoms with Crippen molar-refractivity contribution in [1.82, 2.24) is 5.32 Å². The monoisotopic (exact) mass is 278 g/mol. The van der Waals surface area contributed by atoms with Crippen LogP contribution in [0.25, 0.3) is 0 Å². The first-order valence-electron chi connectivity index (χ1n) is 6.32. The molecular weight excluding hydrogens is 260 g/mol. The van der Waals surface area contributed by atoms with Crippen molar-refractivity contribution in [3.63, 3.8) is 0 Å². The quantitative estimate of drug-likeness (QED) is 0.887. The summed E-state index contributed by atoms with van der Waals surface area (Å²) in [6, 6.07) is 5.91. The first-order valence-corrected chi connectivity index (χ1v) is 7.37. The minimum atomic E-state index is -0.264. The number of carbonyl (C=O) groups excluding carboxylic acids is 2. The molecule has 2 N–H and O–H groups in total. The number of nitrogens with one attached hydrogen (secondary N) is 2. The Balaban J connectivity index is 1.95. The Labute approximate surface area is 117 Å². The fourth-order valence-corrected chi connectivity index (χ4v) is 3.15. The lowest BCUT2D eigenvalue weighted by Crippen LogP contribution is -2.40. The summed E-state index contributed by atoms with van der Waals surface area (Å²) < 4.78 is 0. The third-order valence-electron chi connectivity index (χ3n) is 2.89. The summed E-state index contributed by atoms with van der Waals surface area (Å²) in [5.74, 6) is 0.721. The lowest BCUT2D eigenvalue weighted by molar-refractivity contribution is -0.123. The average Bonchev–Trinajstić information content (AvgIpc) is 2.30. The molecule has 102 valence electrons. The van der Waals surface area contributed by atoms with Crippen LogP contribution >= 0.6 is 11.8 Å². The molecule has 0 aliphatic carbocycles. The molecule has 5 heteroatoms. The Bertz CT molecular complexity index is 482. The van der Waals surface area contributed by atoms with Gasteiger partial charge in [-0.05, 0) is 37.1 Å². The number of thioether (sulfide) groups is 1. The van der Waals surface area contributed by atoms with E-state index in [1.807, 2.05) is 26.0 Å². The minimum Gasteiger partial charge on any atom is -0.354 e. The molecule has 0 saturated carbocycles. The zero-order valence-electron chi connectivity index (χ0n) is 11.2. The van der Waals surface area contributed by atoms with Crippen molar-refractivity contribution in [2.24, 2.45) is 0 Å². The highest BCUT2D eigenvalue weighted by Crippen LogP contribution is 2.19. The summed E-state index contributed by atoms with van der Waals surface area (Å²) in [5.41, 5.74) is 3.02. The van der Waals surface area contributed by atoms with Crippen LogP contribution in [0.5, 0.6) is 0 Å². The molecule has 1 aliphatic heterocycles. The van der Waals surface area contributed by atoms with Gasteiger partial charge in [-0.25, -0.2) is 0 Å². The molecule has 1 unspecified atom stereocenters. The molecule has 0 aromatic heterocycles. The highest BCUT2D eigenvalue weighted by atomic mass is 32.2. The lowest BCUT2D eigenvalue weighted by atomic mass is 10.1. The van der Waals surface area contributed by atoms with Crippen LogP contribution in [0, 0.1) is 13.8 Å². The van der Waals surface area contributed by atoms with Gasteiger partial charge in [0, 0.05) is 24.4 Å². The largest absolute Gasteiger partial charge is 0.354 e. The predicted octanol–water partition coefficient (Wildman–Crippen LogP) is 1.86. The van der Waals surface area contributed by atoms with E-state index in [1.54, 1.807) is 11.8 Å². The molecule has 0 radical (unpaired) electrons. The van der Waals surface area contributed by atoms with E-state index in [9.17, 15) is 9.59 Å². The maximum Gasteiger partial charge on any atom is 0.233 e. The molecule has 0 spiro atoms. The average molecular weight is 278 g/mol. The van der Waals surface area contributed by atoms with E-state index in [0.29, 0.717) is 6.54 Å². The predicted molar refractivity (Wildman–Crippen MR) is 78.4 cm³/mol. The van der Waals surface area contributed by atoms with Crippen LogP contribution in [-0.4, -0.2) is 29.4 Å². The number of hydrogen-bond donors (Lipinski definition) is 2. The van der Waals surface area contributed by atoms with E-state index in [2.05, 4.69) is 16.7 Å². The van der Waals surface area contributed by atoms with Gasteiger partial charge in [0.25, 0.3) is 0 Å². The zero-order valence-corrected chi connectivity index (χ0v) is 12.0. The third-order valence-corrected chi connectivity index (χ3v) is 4.11. The summed E-state index contributed by atoms with van der Waals surface area (Å²) in [6.45, 7) is 4.68. The van der Waals surface area contributed by atoms with Gasteiger partial charge in [0.05, 0.1) is 5.25 Å². The second-order valence-electron chi connectivity index (χ2n) is 4.78. The van der Waals surface area contributed by atoms with Crippen LogP contribution in [0.3, 0.4) is 0 Å². The standard InChI is InChI=1S/C14H18N2O2S/c1-9-5-10(2)7-11(6-9)16-13(17)8-12-14(18)15-3-4-19-12/h5-7,12H,3-4,8H2,1-2H3,(H,15,18)(H,16,17). The maximum atomic E-state index is 11.9. The van der Waals surface area contributed by atoms with Crippen LogP contribution in [0.4, 0.5) is 5.69 Å². The Morgan fingerprint density at radius 2 is 2.05 bits per heavy atom. The molecule has 1 atom stereocenters. The van der Waals surface area contributed by atoms with Gasteiger partial charge in [-0.15, -0.1) is 11.8 Å². The van der Waals surface area contributed by atoms with Crippen molar-refractivity contribution >= 4 is 29.3 Å². The fraction of sp³-hybridized carbons (Fsp3) is 0.429. The van der Waals surface area contributed by atoms with Crippen LogP contribution in [0.15, 0.2) is 18.2 Å². The van der Waals surface area contributed by atoms with Crippen molar-refractivity contribution in [2.45, 2.75) is 25.5 Å². The van der Waals surface area contributed by atoms with E-state index in [4.69, 9.17) is 0 Å². The first-order chi connectivity index (χ1) is 9.04. The van der Waals surface area contributed by atoms with E-state index < -0.39 is 0 Å². The van der Waals surface area contributed by atoms with Gasteiger partial charge in [-0.3, -0.25) is 9.59 Å². The lowest BCUT2D eigenvalue weighted by Gasteiger charge is -2.20. The minimum absolute atomic E-state index is 0.0353. The van der Waals surface area contributed by atoms with Gasteiger partial charge in [0.1, 0.15) is 0 Å². The summed E-state index contributed by atoms with van der Waals surface area (Å²) in [6.07, 6.45) is 0.226. The van der Waals surface area contributed by atoms with Crippen molar-refractivity contribution in [3.05, 3.63) is 29.3 Å². The van der Waals surface area contributed by atoms with Gasteiger partial charge < -0.3 is 10.6 Å². The van der Waals surface area contributed by atoms with Gasteiger partial charge in [0.2, 0.25) is 11.8 Å². The molecular formula is C14H18N2O2S. The second kappa shape index (κ2) is 6.10. The molecule has 1 aliphatic rings. The SMILES string of the molecule is Cc1cc(C)cc(NC(=O)CC2SCCNC2=O)c1. The summed E-state index contributed by atoms with van der Waals surface area (Å²) >= 11 is 1.54. The molecule has 0 bridgehead atoms. The Morgan fingerprint density at radius 3 is 2.68 bits per heavy atom. The van der Waals surface area contributed by atoms with Gasteiger partial charge >= 0.3 is 0 Å². The third kappa shape index (κ3) is 3.99. The zero-order chi connectivity index (χ0) is 13.8. The number of benzene rings is 1. The molecule has 19 heavy (non-hydrogen) atoms. The molecule has 4 nitrogen and oxygen atoms in total. The van der Waals surface area contributed by atoms with E-state index in [-0.39, 0.29) is 23.5 Å². The molecule has 1 fully saturated rings. The molecule has 2 rings (SSSR count). The first kappa shape index (κ1) is 13.9. The molecule has 2 amide bonds. The highest BCUT2D eigenvalue weighted by Gasteiger charge is 2.25. The number of aryl methyl sites for hydroxylation is 2. The van der Waals surface area contributed by atoms with E-state index >= 15 is 0 Å². The number of hydrogen-bond acceptors (Lipinski definition) is 3. The Kier molecular flexibility index (Phi) is 4.47. The van der Waals surface area contributed by atoms with E-state index in [0.717, 1.165) is 22.6 Å². The van der Waals surface area contributed by atoms with Gasteiger partial charge in [-0.1, -0.05) is 6.07 Å².